The monoisotopic (exact) mass is 232 g/mol. The second-order valence-corrected chi connectivity index (χ2v) is 5.55. The fourth-order valence-electron chi connectivity index (χ4n) is 2.90. The molecule has 1 aromatic carbocycles. The molecule has 0 radical (unpaired) electrons. The minimum Gasteiger partial charge on any atom is -0.508 e. The van der Waals surface area contributed by atoms with E-state index in [0.717, 1.165) is 18.4 Å². The second kappa shape index (κ2) is 4.52. The molecule has 0 aliphatic heterocycles. The number of rotatable bonds is 2. The van der Waals surface area contributed by atoms with E-state index in [1.54, 1.807) is 6.07 Å². The number of phenols is 1. The first kappa shape index (κ1) is 12.2. The third-order valence-corrected chi connectivity index (χ3v) is 4.16. The molecule has 1 aliphatic rings. The Balaban J connectivity index is 2.24. The van der Waals surface area contributed by atoms with Crippen LogP contribution in [0, 0.1) is 5.92 Å². The van der Waals surface area contributed by atoms with Crippen molar-refractivity contribution in [2.75, 3.05) is 0 Å². The molecule has 0 atom stereocenters. The number of carbonyl (C=O) groups excluding carboxylic acids is 1. The third kappa shape index (κ3) is 2.36. The summed E-state index contributed by atoms with van der Waals surface area (Å²) >= 11 is 0. The number of hydrogen-bond acceptors (Lipinski definition) is 2. The maximum absolute atomic E-state index is 11.3. The Morgan fingerprint density at radius 3 is 2.35 bits per heavy atom. The molecule has 0 unspecified atom stereocenters. The molecule has 0 spiro atoms. The zero-order chi connectivity index (χ0) is 12.5. The van der Waals surface area contributed by atoms with Gasteiger partial charge in [-0.05, 0) is 35.8 Å². The van der Waals surface area contributed by atoms with Crippen molar-refractivity contribution in [1.29, 1.82) is 0 Å². The number of aromatic hydroxyl groups is 1. The zero-order valence-corrected chi connectivity index (χ0v) is 10.6. The Labute approximate surface area is 103 Å². The Kier molecular flexibility index (Phi) is 3.23. The van der Waals surface area contributed by atoms with E-state index >= 15 is 0 Å². The van der Waals surface area contributed by atoms with E-state index in [4.69, 9.17) is 0 Å². The highest BCUT2D eigenvalue weighted by molar-refractivity contribution is 5.79. The molecule has 2 heteroatoms. The Morgan fingerprint density at radius 1 is 1.18 bits per heavy atom. The molecule has 0 aromatic heterocycles. The number of hydrogen-bond donors (Lipinski definition) is 1. The molecule has 0 amide bonds. The summed E-state index contributed by atoms with van der Waals surface area (Å²) in [7, 11) is 0. The van der Waals surface area contributed by atoms with Gasteiger partial charge in [-0.3, -0.25) is 4.79 Å². The van der Waals surface area contributed by atoms with Crippen LogP contribution in [0.2, 0.25) is 0 Å². The Hall–Kier alpha value is -1.31. The molecule has 2 rings (SSSR count). The average molecular weight is 232 g/mol. The van der Waals surface area contributed by atoms with Gasteiger partial charge in [0, 0.05) is 12.8 Å². The van der Waals surface area contributed by atoms with Crippen molar-refractivity contribution in [2.45, 2.75) is 44.9 Å². The van der Waals surface area contributed by atoms with E-state index in [2.05, 4.69) is 13.8 Å². The van der Waals surface area contributed by atoms with Gasteiger partial charge in [0.2, 0.25) is 0 Å². The summed E-state index contributed by atoms with van der Waals surface area (Å²) in [6.07, 6.45) is 3.28. The van der Waals surface area contributed by atoms with E-state index in [9.17, 15) is 9.90 Å². The fourth-order valence-corrected chi connectivity index (χ4v) is 2.90. The lowest BCUT2D eigenvalue weighted by Gasteiger charge is -2.37. The van der Waals surface area contributed by atoms with Crippen molar-refractivity contribution in [3.63, 3.8) is 0 Å². The van der Waals surface area contributed by atoms with E-state index in [0.29, 0.717) is 30.3 Å². The topological polar surface area (TPSA) is 37.3 Å². The molecule has 0 heterocycles. The van der Waals surface area contributed by atoms with Gasteiger partial charge in [-0.1, -0.05) is 32.0 Å². The van der Waals surface area contributed by atoms with Crippen molar-refractivity contribution in [2.24, 2.45) is 5.92 Å². The molecular formula is C15H20O2. The van der Waals surface area contributed by atoms with Gasteiger partial charge in [0.1, 0.15) is 11.5 Å². The Bertz CT molecular complexity index is 411. The highest BCUT2D eigenvalue weighted by Crippen LogP contribution is 2.42. The van der Waals surface area contributed by atoms with E-state index in [-0.39, 0.29) is 5.41 Å². The number of benzene rings is 1. The van der Waals surface area contributed by atoms with Crippen LogP contribution in [0.5, 0.6) is 5.75 Å². The lowest BCUT2D eigenvalue weighted by molar-refractivity contribution is -0.121. The number of phenolic OH excluding ortho intramolecular Hbond substituents is 1. The van der Waals surface area contributed by atoms with Crippen LogP contribution in [-0.4, -0.2) is 10.9 Å². The third-order valence-electron chi connectivity index (χ3n) is 4.16. The van der Waals surface area contributed by atoms with Crippen LogP contribution in [0.3, 0.4) is 0 Å². The smallest absolute Gasteiger partial charge is 0.132 e. The van der Waals surface area contributed by atoms with E-state index < -0.39 is 0 Å². The molecule has 1 aromatic rings. The molecule has 0 saturated heterocycles. The second-order valence-electron chi connectivity index (χ2n) is 5.55. The Morgan fingerprint density at radius 2 is 1.76 bits per heavy atom. The van der Waals surface area contributed by atoms with Crippen LogP contribution < -0.4 is 0 Å². The summed E-state index contributed by atoms with van der Waals surface area (Å²) < 4.78 is 0. The van der Waals surface area contributed by atoms with Crippen LogP contribution in [0.25, 0.3) is 0 Å². The van der Waals surface area contributed by atoms with Crippen molar-refractivity contribution in [3.05, 3.63) is 29.8 Å². The van der Waals surface area contributed by atoms with Crippen LogP contribution in [0.4, 0.5) is 0 Å². The molecule has 1 fully saturated rings. The molecule has 1 saturated carbocycles. The molecule has 2 nitrogen and oxygen atoms in total. The van der Waals surface area contributed by atoms with Crippen molar-refractivity contribution >= 4 is 5.78 Å². The molecule has 92 valence electrons. The normalized spacial score (nSPS) is 18.4. The van der Waals surface area contributed by atoms with Crippen LogP contribution >= 0.6 is 0 Å². The van der Waals surface area contributed by atoms with Gasteiger partial charge < -0.3 is 5.11 Å². The molecule has 1 aliphatic carbocycles. The van der Waals surface area contributed by atoms with E-state index in [1.165, 1.54) is 0 Å². The fraction of sp³-hybridized carbons (Fsp3) is 0.533. The lowest BCUT2D eigenvalue weighted by Crippen LogP contribution is -2.32. The van der Waals surface area contributed by atoms with Gasteiger partial charge in [0.25, 0.3) is 0 Å². The highest BCUT2D eigenvalue weighted by atomic mass is 16.3. The molecule has 17 heavy (non-hydrogen) atoms. The first-order valence-corrected chi connectivity index (χ1v) is 6.32. The molecule has 0 bridgehead atoms. The van der Waals surface area contributed by atoms with Crippen LogP contribution in [-0.2, 0) is 10.2 Å². The highest BCUT2D eigenvalue weighted by Gasteiger charge is 2.35. The van der Waals surface area contributed by atoms with Crippen molar-refractivity contribution in [1.82, 2.24) is 0 Å². The number of para-hydroxylation sites is 1. The van der Waals surface area contributed by atoms with Crippen molar-refractivity contribution in [3.8, 4) is 5.75 Å². The van der Waals surface area contributed by atoms with Gasteiger partial charge >= 0.3 is 0 Å². The van der Waals surface area contributed by atoms with Gasteiger partial charge in [-0.15, -0.1) is 0 Å². The first-order chi connectivity index (χ1) is 8.01. The quantitative estimate of drug-likeness (QED) is 0.848. The van der Waals surface area contributed by atoms with Gasteiger partial charge in [-0.25, -0.2) is 0 Å². The molecule has 1 N–H and O–H groups in total. The summed E-state index contributed by atoms with van der Waals surface area (Å²) in [5.41, 5.74) is 0.936. The van der Waals surface area contributed by atoms with E-state index in [1.807, 2.05) is 18.2 Å². The minimum atomic E-state index is -0.0634. The maximum Gasteiger partial charge on any atom is 0.132 e. The zero-order valence-electron chi connectivity index (χ0n) is 10.6. The summed E-state index contributed by atoms with van der Waals surface area (Å²) in [4.78, 5) is 11.3. The van der Waals surface area contributed by atoms with Gasteiger partial charge in [-0.2, -0.15) is 0 Å². The molecular weight excluding hydrogens is 212 g/mol. The maximum atomic E-state index is 11.3. The van der Waals surface area contributed by atoms with Crippen LogP contribution in [0.1, 0.15) is 45.1 Å². The largest absolute Gasteiger partial charge is 0.508 e. The summed E-state index contributed by atoms with van der Waals surface area (Å²) in [5.74, 6) is 1.23. The number of Topliss-reactive ketones (excluding diaryl/α,β-unsaturated/α-hetero) is 1. The number of carbonyl (C=O) groups is 1. The summed E-state index contributed by atoms with van der Waals surface area (Å²) in [5, 5.41) is 9.96. The SMILES string of the molecule is CC(C)(c1ccccc1O)C1CCC(=O)CC1. The van der Waals surface area contributed by atoms with Crippen molar-refractivity contribution < 1.29 is 9.90 Å². The minimum absolute atomic E-state index is 0.0634. The first-order valence-electron chi connectivity index (χ1n) is 6.32. The summed E-state index contributed by atoms with van der Waals surface area (Å²) in [6.45, 7) is 4.34. The lowest BCUT2D eigenvalue weighted by atomic mass is 9.67. The van der Waals surface area contributed by atoms with Gasteiger partial charge in [0.05, 0.1) is 0 Å². The average Bonchev–Trinajstić information content (AvgIpc) is 2.30. The summed E-state index contributed by atoms with van der Waals surface area (Å²) in [6, 6.07) is 7.54. The predicted octanol–water partition coefficient (Wildman–Crippen LogP) is 3.43. The number of ketones is 1. The standard InChI is InChI=1S/C15H20O2/c1-15(2,11-7-9-12(16)10-8-11)13-5-3-4-6-14(13)17/h3-6,11,17H,7-10H2,1-2H3. The van der Waals surface area contributed by atoms with Gasteiger partial charge in [0.15, 0.2) is 0 Å². The van der Waals surface area contributed by atoms with Crippen LogP contribution in [0.15, 0.2) is 24.3 Å². The predicted molar refractivity (Wildman–Crippen MR) is 68.1 cm³/mol.